The molecule has 1 fully saturated rings. The molecule has 4 aromatic rings. The van der Waals surface area contributed by atoms with Crippen LogP contribution in [-0.2, 0) is 17.6 Å². The first-order chi connectivity index (χ1) is 14.7. The molecule has 0 amide bonds. The molecular formula is C23H24N4O2S. The van der Waals surface area contributed by atoms with Crippen LogP contribution in [0.2, 0.25) is 0 Å². The lowest BCUT2D eigenvalue weighted by atomic mass is 9.89. The number of aromatic nitrogens is 3. The minimum atomic E-state index is -0.0482. The van der Waals surface area contributed by atoms with Crippen molar-refractivity contribution in [3.8, 4) is 0 Å². The molecule has 3 aromatic heterocycles. The molecule has 30 heavy (non-hydrogen) atoms. The van der Waals surface area contributed by atoms with Gasteiger partial charge in [0, 0.05) is 28.8 Å². The van der Waals surface area contributed by atoms with Gasteiger partial charge in [-0.1, -0.05) is 31.2 Å². The van der Waals surface area contributed by atoms with Crippen LogP contribution >= 0.6 is 11.3 Å². The van der Waals surface area contributed by atoms with Gasteiger partial charge in [0.05, 0.1) is 11.5 Å². The van der Waals surface area contributed by atoms with E-state index in [2.05, 4.69) is 12.2 Å². The van der Waals surface area contributed by atoms with Gasteiger partial charge >= 0.3 is 0 Å². The summed E-state index contributed by atoms with van der Waals surface area (Å²) in [5.74, 6) is 1.38. The van der Waals surface area contributed by atoms with Crippen LogP contribution in [0.4, 0.5) is 5.82 Å². The molecule has 2 atom stereocenters. The minimum absolute atomic E-state index is 0.0482. The Balaban J connectivity index is 1.57. The van der Waals surface area contributed by atoms with E-state index in [0.29, 0.717) is 18.1 Å². The van der Waals surface area contributed by atoms with Crippen LogP contribution in [0.3, 0.4) is 0 Å². The lowest BCUT2D eigenvalue weighted by Crippen LogP contribution is -2.23. The topological polar surface area (TPSA) is 68.5 Å². The van der Waals surface area contributed by atoms with E-state index in [1.807, 2.05) is 24.3 Å². The molecule has 0 unspecified atom stereocenters. The maximum Gasteiger partial charge on any atom is 0.283 e. The highest BCUT2D eigenvalue weighted by atomic mass is 32.1. The normalized spacial score (nSPS) is 21.5. The van der Waals surface area contributed by atoms with E-state index in [4.69, 9.17) is 14.8 Å². The predicted molar refractivity (Wildman–Crippen MR) is 121 cm³/mol. The lowest BCUT2D eigenvalue weighted by Gasteiger charge is -2.17. The third kappa shape index (κ3) is 2.83. The number of nitrogens with zero attached hydrogens (tertiary/aromatic N) is 3. The Kier molecular flexibility index (Phi) is 4.28. The first-order valence-corrected chi connectivity index (χ1v) is 11.6. The summed E-state index contributed by atoms with van der Waals surface area (Å²) in [4.78, 5) is 20.7. The molecule has 1 N–H and O–H groups in total. The molecule has 1 aliphatic heterocycles. The number of thiophene rings is 1. The van der Waals surface area contributed by atoms with E-state index in [1.165, 1.54) is 15.0 Å². The number of aryl methyl sites for hydroxylation is 1. The second kappa shape index (κ2) is 7.03. The third-order valence-electron chi connectivity index (χ3n) is 6.45. The van der Waals surface area contributed by atoms with Gasteiger partial charge in [-0.05, 0) is 43.6 Å². The van der Waals surface area contributed by atoms with Crippen LogP contribution in [0.25, 0.3) is 26.6 Å². The highest BCUT2D eigenvalue weighted by Crippen LogP contribution is 2.36. The fraction of sp³-hybridized carbons (Fsp3) is 0.435. The van der Waals surface area contributed by atoms with Crippen molar-refractivity contribution in [2.24, 2.45) is 5.92 Å². The van der Waals surface area contributed by atoms with Gasteiger partial charge < -0.3 is 10.1 Å². The summed E-state index contributed by atoms with van der Waals surface area (Å²) in [6.45, 7) is 3.80. The van der Waals surface area contributed by atoms with Crippen LogP contribution in [-0.4, -0.2) is 33.9 Å². The number of hydrogen-bond acceptors (Lipinski definition) is 6. The number of hydrogen-bond donors (Lipinski definition) is 1. The molecule has 0 bridgehead atoms. The zero-order valence-electron chi connectivity index (χ0n) is 17.0. The van der Waals surface area contributed by atoms with Crippen molar-refractivity contribution < 1.29 is 4.74 Å². The highest BCUT2D eigenvalue weighted by Gasteiger charge is 2.25. The second-order valence-corrected chi connectivity index (χ2v) is 9.68. The van der Waals surface area contributed by atoms with Crippen molar-refractivity contribution in [1.29, 1.82) is 0 Å². The van der Waals surface area contributed by atoms with Gasteiger partial charge in [0.15, 0.2) is 11.5 Å². The Hall–Kier alpha value is -2.51. The summed E-state index contributed by atoms with van der Waals surface area (Å²) in [7, 11) is 0. The summed E-state index contributed by atoms with van der Waals surface area (Å²) in [5, 5.41) is 10.9. The Morgan fingerprint density at radius 1 is 1.27 bits per heavy atom. The van der Waals surface area contributed by atoms with Crippen molar-refractivity contribution in [1.82, 2.24) is 14.6 Å². The molecule has 154 valence electrons. The Bertz CT molecular complexity index is 1340. The van der Waals surface area contributed by atoms with Gasteiger partial charge in [-0.15, -0.1) is 16.4 Å². The van der Waals surface area contributed by atoms with Crippen molar-refractivity contribution in [3.05, 3.63) is 45.1 Å². The zero-order chi connectivity index (χ0) is 20.2. The number of ether oxygens (including phenoxy) is 1. The monoisotopic (exact) mass is 420 g/mol. The van der Waals surface area contributed by atoms with E-state index < -0.39 is 0 Å². The Morgan fingerprint density at radius 3 is 2.97 bits per heavy atom. The van der Waals surface area contributed by atoms with E-state index in [1.54, 1.807) is 11.3 Å². The number of nitrogens with one attached hydrogen (secondary N) is 1. The molecule has 2 aliphatic rings. The lowest BCUT2D eigenvalue weighted by molar-refractivity contribution is 0.120. The van der Waals surface area contributed by atoms with Gasteiger partial charge in [0.2, 0.25) is 0 Å². The Morgan fingerprint density at radius 2 is 2.13 bits per heavy atom. The van der Waals surface area contributed by atoms with Crippen LogP contribution < -0.4 is 10.9 Å². The molecule has 7 heteroatoms. The molecule has 1 aliphatic carbocycles. The minimum Gasteiger partial charge on any atom is -0.376 e. The molecule has 6 nitrogen and oxygen atoms in total. The molecule has 0 spiro atoms. The van der Waals surface area contributed by atoms with Gasteiger partial charge in [-0.25, -0.2) is 4.98 Å². The van der Waals surface area contributed by atoms with Crippen LogP contribution in [0.1, 0.15) is 36.6 Å². The van der Waals surface area contributed by atoms with Gasteiger partial charge in [0.1, 0.15) is 4.83 Å². The maximum absolute atomic E-state index is 13.6. The van der Waals surface area contributed by atoms with Crippen molar-refractivity contribution in [2.45, 2.75) is 45.1 Å². The van der Waals surface area contributed by atoms with Crippen LogP contribution in [0.15, 0.2) is 29.1 Å². The molecule has 4 heterocycles. The maximum atomic E-state index is 13.6. The number of rotatable bonds is 3. The molecule has 0 saturated carbocycles. The van der Waals surface area contributed by atoms with Crippen molar-refractivity contribution in [3.63, 3.8) is 0 Å². The fourth-order valence-corrected chi connectivity index (χ4v) is 6.21. The standard InChI is InChI=1S/C23H24N4O2S/c1-13-8-9-17-18(11-13)30-22-19(17)23(28)27-21(25-22)16-7-3-2-6-15(16)20(26-27)24-12-14-5-4-10-29-14/h2-3,6-7,13-14H,4-5,8-12H2,1H3,(H,24,26)/t13-,14-/m1/s1. The number of fused-ring (bicyclic) bond motifs is 6. The summed E-state index contributed by atoms with van der Waals surface area (Å²) < 4.78 is 7.25. The molecule has 6 rings (SSSR count). The van der Waals surface area contributed by atoms with Crippen LogP contribution in [0.5, 0.6) is 0 Å². The SMILES string of the molecule is C[C@@H]1CCc2c(sc3nc4c5ccccc5c(NC[C@H]5CCCO5)nn4c(=O)c23)C1. The van der Waals surface area contributed by atoms with Crippen LogP contribution in [0, 0.1) is 5.92 Å². The second-order valence-electron chi connectivity index (χ2n) is 8.59. The highest BCUT2D eigenvalue weighted by molar-refractivity contribution is 7.18. The quantitative estimate of drug-likeness (QED) is 0.504. The first-order valence-electron chi connectivity index (χ1n) is 10.8. The summed E-state index contributed by atoms with van der Waals surface area (Å²) >= 11 is 1.69. The third-order valence-corrected chi connectivity index (χ3v) is 7.60. The van der Waals surface area contributed by atoms with Gasteiger partial charge in [0.25, 0.3) is 5.56 Å². The van der Waals surface area contributed by atoms with E-state index in [9.17, 15) is 4.79 Å². The predicted octanol–water partition coefficient (Wildman–Crippen LogP) is 4.17. The smallest absolute Gasteiger partial charge is 0.283 e. The van der Waals surface area contributed by atoms with E-state index >= 15 is 0 Å². The summed E-state index contributed by atoms with van der Waals surface area (Å²) in [6.07, 6.45) is 5.47. The summed E-state index contributed by atoms with van der Waals surface area (Å²) in [5.41, 5.74) is 1.79. The van der Waals surface area contributed by atoms with Gasteiger partial charge in [-0.3, -0.25) is 4.79 Å². The molecule has 1 saturated heterocycles. The van der Waals surface area contributed by atoms with Crippen molar-refractivity contribution >= 4 is 43.8 Å². The average molecular weight is 421 g/mol. The van der Waals surface area contributed by atoms with E-state index in [0.717, 1.165) is 65.5 Å². The Labute approximate surface area is 177 Å². The number of benzene rings is 1. The first kappa shape index (κ1) is 18.3. The average Bonchev–Trinajstić information content (AvgIpc) is 3.39. The largest absolute Gasteiger partial charge is 0.376 e. The van der Waals surface area contributed by atoms with Gasteiger partial charge in [-0.2, -0.15) is 4.52 Å². The molecular weight excluding hydrogens is 396 g/mol. The number of anilines is 1. The van der Waals surface area contributed by atoms with E-state index in [-0.39, 0.29) is 11.7 Å². The zero-order valence-corrected chi connectivity index (χ0v) is 17.8. The molecule has 1 aromatic carbocycles. The van der Waals surface area contributed by atoms with Crippen molar-refractivity contribution in [2.75, 3.05) is 18.5 Å². The fourth-order valence-electron chi connectivity index (χ4n) is 4.83. The molecule has 0 radical (unpaired) electrons. The summed E-state index contributed by atoms with van der Waals surface area (Å²) in [6, 6.07) is 8.05.